The lowest BCUT2D eigenvalue weighted by molar-refractivity contribution is 0.209. The molecule has 7 nitrogen and oxygen atoms in total. The van der Waals surface area contributed by atoms with Crippen LogP contribution in [0.25, 0.3) is 22.2 Å². The minimum absolute atomic E-state index is 0.0325. The van der Waals surface area contributed by atoms with Crippen LogP contribution in [0.3, 0.4) is 0 Å². The largest absolute Gasteiger partial charge is 0.502 e. The molecule has 0 atom stereocenters. The standard InChI is InChI=1S/C14H10N2O5/c17-10-11(18)13(16-14(19)20)21-12(10)8-5-6-15-9-4-2-1-3-7(8)9/h1-6,16-18H,(H,19,20). The van der Waals surface area contributed by atoms with Gasteiger partial charge in [0.1, 0.15) is 0 Å². The van der Waals surface area contributed by atoms with E-state index in [1.54, 1.807) is 24.3 Å². The van der Waals surface area contributed by atoms with Crippen molar-refractivity contribution in [1.82, 2.24) is 4.98 Å². The maximum Gasteiger partial charge on any atom is 0.411 e. The van der Waals surface area contributed by atoms with Crippen LogP contribution in [0.5, 0.6) is 11.5 Å². The number of furan rings is 1. The SMILES string of the molecule is O=C(O)Nc1oc(-c2ccnc3ccccc23)c(O)c1O. The Labute approximate surface area is 118 Å². The first-order valence-electron chi connectivity index (χ1n) is 5.96. The monoisotopic (exact) mass is 286 g/mol. The highest BCUT2D eigenvalue weighted by Gasteiger charge is 2.23. The van der Waals surface area contributed by atoms with E-state index in [1.807, 2.05) is 11.4 Å². The summed E-state index contributed by atoms with van der Waals surface area (Å²) >= 11 is 0. The van der Waals surface area contributed by atoms with Crippen LogP contribution in [-0.2, 0) is 0 Å². The van der Waals surface area contributed by atoms with Crippen LogP contribution in [0.4, 0.5) is 10.7 Å². The lowest BCUT2D eigenvalue weighted by Crippen LogP contribution is -2.06. The van der Waals surface area contributed by atoms with E-state index < -0.39 is 23.5 Å². The van der Waals surface area contributed by atoms with Crippen molar-refractivity contribution in [3.63, 3.8) is 0 Å². The molecule has 2 heterocycles. The lowest BCUT2D eigenvalue weighted by atomic mass is 10.1. The van der Waals surface area contributed by atoms with Crippen molar-refractivity contribution in [2.24, 2.45) is 0 Å². The molecule has 0 unspecified atom stereocenters. The highest BCUT2D eigenvalue weighted by molar-refractivity contribution is 5.96. The first-order chi connectivity index (χ1) is 10.1. The summed E-state index contributed by atoms with van der Waals surface area (Å²) in [6, 6.07) is 8.78. The number of hydrogen-bond acceptors (Lipinski definition) is 5. The predicted molar refractivity (Wildman–Crippen MR) is 74.4 cm³/mol. The Morgan fingerprint density at radius 2 is 1.90 bits per heavy atom. The van der Waals surface area contributed by atoms with E-state index >= 15 is 0 Å². The number of pyridine rings is 1. The number of nitrogens with one attached hydrogen (secondary N) is 1. The quantitative estimate of drug-likeness (QED) is 0.575. The maximum absolute atomic E-state index is 10.6. The normalized spacial score (nSPS) is 10.7. The van der Waals surface area contributed by atoms with Gasteiger partial charge in [0, 0.05) is 17.1 Å². The molecule has 2 aromatic heterocycles. The topological polar surface area (TPSA) is 116 Å². The maximum atomic E-state index is 10.6. The molecule has 0 saturated heterocycles. The van der Waals surface area contributed by atoms with Gasteiger partial charge in [0.25, 0.3) is 0 Å². The molecule has 0 fully saturated rings. The second-order valence-electron chi connectivity index (χ2n) is 4.26. The number of aromatic nitrogens is 1. The summed E-state index contributed by atoms with van der Waals surface area (Å²) in [4.78, 5) is 14.8. The van der Waals surface area contributed by atoms with Gasteiger partial charge in [-0.2, -0.15) is 0 Å². The van der Waals surface area contributed by atoms with E-state index in [0.29, 0.717) is 16.5 Å². The molecule has 21 heavy (non-hydrogen) atoms. The Balaban J connectivity index is 2.21. The van der Waals surface area contributed by atoms with Crippen LogP contribution in [-0.4, -0.2) is 26.4 Å². The highest BCUT2D eigenvalue weighted by Crippen LogP contribution is 2.46. The van der Waals surface area contributed by atoms with E-state index in [-0.39, 0.29) is 5.76 Å². The van der Waals surface area contributed by atoms with Crippen LogP contribution >= 0.6 is 0 Å². The molecule has 0 aliphatic heterocycles. The Kier molecular flexibility index (Phi) is 2.87. The van der Waals surface area contributed by atoms with Gasteiger partial charge in [0.15, 0.2) is 5.76 Å². The third kappa shape index (κ3) is 2.10. The number of carbonyl (C=O) groups is 1. The number of carboxylic acid groups (broad SMARTS) is 1. The average Bonchev–Trinajstić information content (AvgIpc) is 2.74. The number of hydrogen-bond donors (Lipinski definition) is 4. The lowest BCUT2D eigenvalue weighted by Gasteiger charge is -2.03. The molecule has 1 aromatic carbocycles. The molecule has 0 saturated carbocycles. The first kappa shape index (κ1) is 12.8. The Morgan fingerprint density at radius 3 is 2.67 bits per heavy atom. The van der Waals surface area contributed by atoms with Crippen molar-refractivity contribution in [2.75, 3.05) is 5.32 Å². The van der Waals surface area contributed by atoms with E-state index in [1.165, 1.54) is 6.20 Å². The molecule has 0 aliphatic rings. The van der Waals surface area contributed by atoms with Gasteiger partial charge >= 0.3 is 6.09 Å². The third-order valence-corrected chi connectivity index (χ3v) is 2.97. The van der Waals surface area contributed by atoms with Gasteiger partial charge in [-0.15, -0.1) is 0 Å². The second kappa shape index (κ2) is 4.71. The molecule has 0 radical (unpaired) electrons. The molecule has 4 N–H and O–H groups in total. The van der Waals surface area contributed by atoms with Gasteiger partial charge in [-0.05, 0) is 12.1 Å². The average molecular weight is 286 g/mol. The number of fused-ring (bicyclic) bond motifs is 1. The van der Waals surface area contributed by atoms with Crippen molar-refractivity contribution in [2.45, 2.75) is 0 Å². The van der Waals surface area contributed by atoms with Crippen molar-refractivity contribution < 1.29 is 24.5 Å². The third-order valence-electron chi connectivity index (χ3n) is 2.97. The zero-order chi connectivity index (χ0) is 15.0. The Bertz CT molecular complexity index is 835. The molecule has 3 rings (SSSR count). The van der Waals surface area contributed by atoms with Gasteiger partial charge in [0.2, 0.25) is 17.4 Å². The van der Waals surface area contributed by atoms with Crippen LogP contribution in [0, 0.1) is 0 Å². The number of nitrogens with zero attached hydrogens (tertiary/aromatic N) is 1. The number of amides is 1. The fraction of sp³-hybridized carbons (Fsp3) is 0. The second-order valence-corrected chi connectivity index (χ2v) is 4.26. The van der Waals surface area contributed by atoms with Gasteiger partial charge in [-0.1, -0.05) is 18.2 Å². The summed E-state index contributed by atoms with van der Waals surface area (Å²) < 4.78 is 5.23. The molecule has 1 amide bonds. The number of aromatic hydroxyl groups is 2. The smallest absolute Gasteiger partial charge is 0.411 e. The molecule has 7 heteroatoms. The van der Waals surface area contributed by atoms with Crippen molar-refractivity contribution >= 4 is 22.9 Å². The molecule has 3 aromatic rings. The van der Waals surface area contributed by atoms with Gasteiger partial charge < -0.3 is 19.7 Å². The van der Waals surface area contributed by atoms with E-state index in [2.05, 4.69) is 4.98 Å². The first-order valence-corrected chi connectivity index (χ1v) is 5.96. The zero-order valence-electron chi connectivity index (χ0n) is 10.6. The Morgan fingerprint density at radius 1 is 1.14 bits per heavy atom. The van der Waals surface area contributed by atoms with E-state index in [4.69, 9.17) is 9.52 Å². The summed E-state index contributed by atoms with van der Waals surface area (Å²) in [5.74, 6) is -1.66. The van der Waals surface area contributed by atoms with Gasteiger partial charge in [-0.25, -0.2) is 4.79 Å². The van der Waals surface area contributed by atoms with Crippen LogP contribution in [0.1, 0.15) is 0 Å². The summed E-state index contributed by atoms with van der Waals surface area (Å²) in [5.41, 5.74) is 1.17. The summed E-state index contributed by atoms with van der Waals surface area (Å²) in [5, 5.41) is 30.9. The van der Waals surface area contributed by atoms with Crippen molar-refractivity contribution in [3.05, 3.63) is 36.5 Å². The molecule has 0 spiro atoms. The fourth-order valence-corrected chi connectivity index (χ4v) is 2.07. The molecule has 0 bridgehead atoms. The molecular formula is C14H10N2O5. The molecule has 106 valence electrons. The van der Waals surface area contributed by atoms with E-state index in [0.717, 1.165) is 0 Å². The summed E-state index contributed by atoms with van der Waals surface area (Å²) in [6.45, 7) is 0. The van der Waals surface area contributed by atoms with Crippen LogP contribution in [0.15, 0.2) is 40.9 Å². The number of para-hydroxylation sites is 1. The highest BCUT2D eigenvalue weighted by atomic mass is 16.4. The van der Waals surface area contributed by atoms with Crippen LogP contribution in [0.2, 0.25) is 0 Å². The summed E-state index contributed by atoms with van der Waals surface area (Å²) in [6.07, 6.45) is 0.117. The predicted octanol–water partition coefficient (Wildman–Crippen LogP) is 3.00. The minimum atomic E-state index is -1.41. The Hall–Kier alpha value is -3.22. The zero-order valence-corrected chi connectivity index (χ0v) is 10.6. The minimum Gasteiger partial charge on any atom is -0.502 e. The molecule has 0 aliphatic carbocycles. The van der Waals surface area contributed by atoms with Crippen LogP contribution < -0.4 is 5.32 Å². The van der Waals surface area contributed by atoms with Crippen molar-refractivity contribution in [1.29, 1.82) is 0 Å². The number of benzene rings is 1. The number of rotatable bonds is 2. The fourth-order valence-electron chi connectivity index (χ4n) is 2.07. The number of anilines is 1. The van der Waals surface area contributed by atoms with Gasteiger partial charge in [0.05, 0.1) is 5.52 Å². The van der Waals surface area contributed by atoms with Crippen molar-refractivity contribution in [3.8, 4) is 22.8 Å². The molecular weight excluding hydrogens is 276 g/mol. The van der Waals surface area contributed by atoms with E-state index in [9.17, 15) is 15.0 Å². The summed E-state index contributed by atoms with van der Waals surface area (Å²) in [7, 11) is 0. The van der Waals surface area contributed by atoms with Gasteiger partial charge in [-0.3, -0.25) is 10.3 Å².